The molecule has 130 valence electrons. The van der Waals surface area contributed by atoms with Crippen molar-refractivity contribution in [1.29, 1.82) is 0 Å². The van der Waals surface area contributed by atoms with Gasteiger partial charge in [-0.15, -0.1) is 0 Å². The van der Waals surface area contributed by atoms with Gasteiger partial charge in [0.15, 0.2) is 0 Å². The molecule has 1 N–H and O–H groups in total. The van der Waals surface area contributed by atoms with Gasteiger partial charge in [-0.05, 0) is 42.7 Å². The first-order chi connectivity index (χ1) is 12.6. The molecule has 26 heavy (non-hydrogen) atoms. The Morgan fingerprint density at radius 3 is 2.15 bits per heavy atom. The summed E-state index contributed by atoms with van der Waals surface area (Å²) < 4.78 is 0. The van der Waals surface area contributed by atoms with Crippen molar-refractivity contribution in [3.05, 3.63) is 90.0 Å². The molecule has 0 spiro atoms. The number of hydrogen-bond acceptors (Lipinski definition) is 2. The van der Waals surface area contributed by atoms with Gasteiger partial charge in [-0.2, -0.15) is 0 Å². The van der Waals surface area contributed by atoms with E-state index in [1.807, 2.05) is 54.3 Å². The highest BCUT2D eigenvalue weighted by Crippen LogP contribution is 2.38. The average molecular weight is 342 g/mol. The van der Waals surface area contributed by atoms with Crippen LogP contribution in [0.5, 0.6) is 0 Å². The number of hydrogen-bond donors (Lipinski definition) is 1. The number of benzene rings is 3. The van der Waals surface area contributed by atoms with E-state index < -0.39 is 5.66 Å². The molecule has 1 amide bonds. The highest BCUT2D eigenvalue weighted by Gasteiger charge is 2.41. The molecular weight excluding hydrogens is 320 g/mol. The summed E-state index contributed by atoms with van der Waals surface area (Å²) in [5, 5.41) is 3.59. The molecule has 1 unspecified atom stereocenters. The second kappa shape index (κ2) is 6.34. The monoisotopic (exact) mass is 342 g/mol. The number of nitrogens with one attached hydrogen (secondary N) is 1. The van der Waals surface area contributed by atoms with Gasteiger partial charge in [-0.1, -0.05) is 66.7 Å². The molecule has 0 fully saturated rings. The van der Waals surface area contributed by atoms with Crippen LogP contribution in [0.3, 0.4) is 0 Å². The minimum atomic E-state index is -0.574. The summed E-state index contributed by atoms with van der Waals surface area (Å²) in [7, 11) is 0. The normalized spacial score (nSPS) is 19.0. The first kappa shape index (κ1) is 16.4. The van der Waals surface area contributed by atoms with E-state index in [-0.39, 0.29) is 5.91 Å². The maximum atomic E-state index is 13.0. The Bertz CT molecular complexity index is 934. The van der Waals surface area contributed by atoms with Gasteiger partial charge in [0.2, 0.25) is 0 Å². The summed E-state index contributed by atoms with van der Waals surface area (Å²) in [4.78, 5) is 14.9. The Morgan fingerprint density at radius 2 is 1.46 bits per heavy atom. The highest BCUT2D eigenvalue weighted by atomic mass is 16.2. The van der Waals surface area contributed by atoms with Crippen LogP contribution in [0, 0.1) is 0 Å². The zero-order chi connectivity index (χ0) is 18.1. The number of anilines is 1. The molecule has 3 nitrogen and oxygen atoms in total. The van der Waals surface area contributed by atoms with Gasteiger partial charge in [-0.25, -0.2) is 0 Å². The largest absolute Gasteiger partial charge is 0.358 e. The fourth-order valence-electron chi connectivity index (χ4n) is 3.76. The van der Waals surface area contributed by atoms with Gasteiger partial charge in [-0.3, -0.25) is 4.79 Å². The van der Waals surface area contributed by atoms with Crippen molar-refractivity contribution in [2.75, 3.05) is 11.9 Å². The molecule has 4 rings (SSSR count). The molecule has 1 heterocycles. The van der Waals surface area contributed by atoms with Crippen molar-refractivity contribution in [3.8, 4) is 11.1 Å². The molecule has 0 aromatic heterocycles. The number of nitrogens with zero attached hydrogens (tertiary/aromatic N) is 1. The first-order valence-corrected chi connectivity index (χ1v) is 8.98. The molecule has 0 bridgehead atoms. The number of carbonyl (C=O) groups is 1. The molecule has 1 aliphatic heterocycles. The van der Waals surface area contributed by atoms with Crippen LogP contribution in [0.1, 0.15) is 29.8 Å². The molecule has 0 radical (unpaired) electrons. The van der Waals surface area contributed by atoms with E-state index in [9.17, 15) is 4.79 Å². The van der Waals surface area contributed by atoms with Crippen LogP contribution >= 0.6 is 0 Å². The topological polar surface area (TPSA) is 32.3 Å². The smallest absolute Gasteiger partial charge is 0.258 e. The second-order valence-corrected chi connectivity index (χ2v) is 6.74. The number of carbonyl (C=O) groups excluding carboxylic acids is 1. The Balaban J connectivity index is 1.75. The number of fused-ring (bicyclic) bond motifs is 1. The molecule has 3 aromatic carbocycles. The fraction of sp³-hybridized carbons (Fsp3) is 0.174. The van der Waals surface area contributed by atoms with Gasteiger partial charge < -0.3 is 10.2 Å². The lowest BCUT2D eigenvalue weighted by Gasteiger charge is -2.46. The van der Waals surface area contributed by atoms with E-state index in [2.05, 4.69) is 48.6 Å². The Kier molecular flexibility index (Phi) is 4.00. The van der Waals surface area contributed by atoms with Crippen LogP contribution in [0.15, 0.2) is 78.9 Å². The van der Waals surface area contributed by atoms with E-state index in [1.54, 1.807) is 0 Å². The molecule has 0 aliphatic carbocycles. The summed E-state index contributed by atoms with van der Waals surface area (Å²) >= 11 is 0. The third-order valence-electron chi connectivity index (χ3n) is 5.19. The zero-order valence-corrected chi connectivity index (χ0v) is 15.1. The summed E-state index contributed by atoms with van der Waals surface area (Å²) in [5.41, 5.74) is 4.47. The van der Waals surface area contributed by atoms with Gasteiger partial charge in [0, 0.05) is 12.2 Å². The van der Waals surface area contributed by atoms with Gasteiger partial charge in [0.25, 0.3) is 5.91 Å². The fourth-order valence-corrected chi connectivity index (χ4v) is 3.76. The van der Waals surface area contributed by atoms with E-state index in [0.29, 0.717) is 6.54 Å². The van der Waals surface area contributed by atoms with Crippen LogP contribution in [0.2, 0.25) is 0 Å². The Hall–Kier alpha value is -3.07. The molecule has 3 heteroatoms. The first-order valence-electron chi connectivity index (χ1n) is 8.98. The summed E-state index contributed by atoms with van der Waals surface area (Å²) in [5.74, 6) is 0.0662. The van der Waals surface area contributed by atoms with Crippen molar-refractivity contribution in [2.24, 2.45) is 0 Å². The molecule has 0 saturated heterocycles. The van der Waals surface area contributed by atoms with Crippen LogP contribution < -0.4 is 5.32 Å². The lowest BCUT2D eigenvalue weighted by Crippen LogP contribution is -2.55. The third-order valence-corrected chi connectivity index (χ3v) is 5.19. The van der Waals surface area contributed by atoms with Crippen LogP contribution in [0.25, 0.3) is 11.1 Å². The average Bonchev–Trinajstić information content (AvgIpc) is 2.69. The summed E-state index contributed by atoms with van der Waals surface area (Å²) in [6.45, 7) is 4.73. The van der Waals surface area contributed by atoms with Crippen molar-refractivity contribution in [2.45, 2.75) is 19.5 Å². The van der Waals surface area contributed by atoms with E-state index >= 15 is 0 Å². The Morgan fingerprint density at radius 1 is 0.846 bits per heavy atom. The van der Waals surface area contributed by atoms with Gasteiger partial charge in [0.1, 0.15) is 5.66 Å². The Labute approximate surface area is 154 Å². The van der Waals surface area contributed by atoms with E-state index in [4.69, 9.17) is 0 Å². The molecule has 3 aromatic rings. The zero-order valence-electron chi connectivity index (χ0n) is 15.1. The lowest BCUT2D eigenvalue weighted by molar-refractivity contribution is 0.0553. The van der Waals surface area contributed by atoms with E-state index in [0.717, 1.165) is 16.8 Å². The predicted octanol–water partition coefficient (Wildman–Crippen LogP) is 5.11. The number of para-hydroxylation sites is 1. The van der Waals surface area contributed by atoms with E-state index in [1.165, 1.54) is 11.1 Å². The highest BCUT2D eigenvalue weighted by molar-refractivity contribution is 6.02. The molecule has 1 aliphatic rings. The quantitative estimate of drug-likeness (QED) is 0.717. The maximum Gasteiger partial charge on any atom is 0.258 e. The number of amides is 1. The molecular formula is C23H22N2O. The second-order valence-electron chi connectivity index (χ2n) is 6.74. The van der Waals surface area contributed by atoms with Crippen LogP contribution in [-0.4, -0.2) is 17.4 Å². The minimum Gasteiger partial charge on any atom is -0.358 e. The van der Waals surface area contributed by atoms with Gasteiger partial charge >= 0.3 is 0 Å². The SMILES string of the molecule is CCN1C(=O)c2ccccc2NC1(C)c1ccc(-c2ccccc2)cc1. The third kappa shape index (κ3) is 2.57. The van der Waals surface area contributed by atoms with Crippen LogP contribution in [-0.2, 0) is 5.66 Å². The standard InChI is InChI=1S/C23H22N2O/c1-3-25-22(26)20-11-7-8-12-21(20)24-23(25,2)19-15-13-18(14-16-19)17-9-5-4-6-10-17/h4-16,24H,3H2,1-2H3. The van der Waals surface area contributed by atoms with Crippen molar-refractivity contribution >= 4 is 11.6 Å². The molecule has 0 saturated carbocycles. The van der Waals surface area contributed by atoms with Crippen molar-refractivity contribution in [1.82, 2.24) is 4.90 Å². The number of rotatable bonds is 3. The van der Waals surface area contributed by atoms with Crippen molar-refractivity contribution in [3.63, 3.8) is 0 Å². The lowest BCUT2D eigenvalue weighted by atomic mass is 9.92. The van der Waals surface area contributed by atoms with Crippen LogP contribution in [0.4, 0.5) is 5.69 Å². The van der Waals surface area contributed by atoms with Crippen molar-refractivity contribution < 1.29 is 4.79 Å². The van der Waals surface area contributed by atoms with Gasteiger partial charge in [0.05, 0.1) is 5.56 Å². The minimum absolute atomic E-state index is 0.0662. The summed E-state index contributed by atoms with van der Waals surface area (Å²) in [6, 6.07) is 26.5. The molecule has 1 atom stereocenters. The summed E-state index contributed by atoms with van der Waals surface area (Å²) in [6.07, 6.45) is 0. The maximum absolute atomic E-state index is 13.0. The predicted molar refractivity (Wildman–Crippen MR) is 106 cm³/mol.